The van der Waals surface area contributed by atoms with Crippen LogP contribution in [0.15, 0.2) is 24.5 Å². The van der Waals surface area contributed by atoms with E-state index >= 15 is 0 Å². The van der Waals surface area contributed by atoms with E-state index in [0.717, 1.165) is 12.1 Å². The van der Waals surface area contributed by atoms with E-state index in [9.17, 15) is 5.11 Å². The van der Waals surface area contributed by atoms with Gasteiger partial charge in [-0.3, -0.25) is 4.98 Å². The van der Waals surface area contributed by atoms with E-state index in [1.54, 1.807) is 19.3 Å². The minimum atomic E-state index is -0.829. The highest BCUT2D eigenvalue weighted by Gasteiger charge is 2.21. The Hall–Kier alpha value is -0.930. The second-order valence-corrected chi connectivity index (χ2v) is 3.30. The minimum absolute atomic E-state index is 0.551. The van der Waals surface area contributed by atoms with Gasteiger partial charge in [-0.25, -0.2) is 0 Å². The van der Waals surface area contributed by atoms with Crippen LogP contribution in [0.5, 0.6) is 0 Å². The Morgan fingerprint density at radius 3 is 2.92 bits per heavy atom. The molecule has 0 aliphatic rings. The van der Waals surface area contributed by atoms with Crippen LogP contribution in [0.3, 0.4) is 0 Å². The smallest absolute Gasteiger partial charge is 0.101 e. The topological polar surface area (TPSA) is 45.1 Å². The maximum Gasteiger partial charge on any atom is 0.101 e. The Labute approximate surface area is 78.8 Å². The first-order valence-corrected chi connectivity index (χ1v) is 4.50. The van der Waals surface area contributed by atoms with Crippen molar-refractivity contribution < 1.29 is 5.11 Å². The summed E-state index contributed by atoms with van der Waals surface area (Å²) < 4.78 is 0. The van der Waals surface area contributed by atoms with E-state index in [1.807, 2.05) is 19.1 Å². The van der Waals surface area contributed by atoms with Gasteiger partial charge in [-0.1, -0.05) is 13.0 Å². The number of hydrogen-bond donors (Lipinski definition) is 2. The number of nitrogens with zero attached hydrogens (tertiary/aromatic N) is 1. The average molecular weight is 180 g/mol. The van der Waals surface area contributed by atoms with Crippen molar-refractivity contribution in [2.45, 2.75) is 19.4 Å². The summed E-state index contributed by atoms with van der Waals surface area (Å²) in [6.07, 6.45) is 3.39. The fourth-order valence-electron chi connectivity index (χ4n) is 1.15. The zero-order valence-corrected chi connectivity index (χ0v) is 8.12. The molecule has 0 fully saturated rings. The van der Waals surface area contributed by atoms with Crippen LogP contribution in [0.4, 0.5) is 0 Å². The van der Waals surface area contributed by atoms with E-state index in [2.05, 4.69) is 10.3 Å². The van der Waals surface area contributed by atoms with Crippen molar-refractivity contribution >= 4 is 0 Å². The molecule has 0 aliphatic carbocycles. The number of hydrogen-bond acceptors (Lipinski definition) is 3. The first kappa shape index (κ1) is 10.2. The Morgan fingerprint density at radius 2 is 2.38 bits per heavy atom. The summed E-state index contributed by atoms with van der Waals surface area (Å²) in [6, 6.07) is 3.71. The van der Waals surface area contributed by atoms with Gasteiger partial charge in [0, 0.05) is 24.5 Å². The molecule has 1 rings (SSSR count). The van der Waals surface area contributed by atoms with Crippen molar-refractivity contribution in [2.75, 3.05) is 13.1 Å². The molecule has 0 saturated carbocycles. The van der Waals surface area contributed by atoms with Gasteiger partial charge in [0.2, 0.25) is 0 Å². The predicted octanol–water partition coefficient (Wildman–Crippen LogP) is 0.899. The van der Waals surface area contributed by atoms with Crippen molar-refractivity contribution in [3.8, 4) is 0 Å². The molecule has 0 aliphatic heterocycles. The van der Waals surface area contributed by atoms with Gasteiger partial charge >= 0.3 is 0 Å². The summed E-state index contributed by atoms with van der Waals surface area (Å²) in [5.74, 6) is 0. The molecule has 72 valence electrons. The van der Waals surface area contributed by atoms with Crippen molar-refractivity contribution in [1.29, 1.82) is 0 Å². The van der Waals surface area contributed by atoms with E-state index in [0.29, 0.717) is 6.54 Å². The van der Waals surface area contributed by atoms with Crippen molar-refractivity contribution in [3.63, 3.8) is 0 Å². The van der Waals surface area contributed by atoms with Crippen LogP contribution in [-0.4, -0.2) is 23.2 Å². The maximum absolute atomic E-state index is 10.0. The molecule has 0 radical (unpaired) electrons. The Balaban J connectivity index is 2.69. The van der Waals surface area contributed by atoms with E-state index in [1.165, 1.54) is 0 Å². The molecule has 13 heavy (non-hydrogen) atoms. The third-order valence-corrected chi connectivity index (χ3v) is 2.00. The first-order chi connectivity index (χ1) is 6.17. The lowest BCUT2D eigenvalue weighted by atomic mass is 9.98. The lowest BCUT2D eigenvalue weighted by molar-refractivity contribution is 0.0572. The van der Waals surface area contributed by atoms with Crippen LogP contribution in [0.25, 0.3) is 0 Å². The Morgan fingerprint density at radius 1 is 1.62 bits per heavy atom. The van der Waals surface area contributed by atoms with Crippen LogP contribution in [0, 0.1) is 0 Å². The molecule has 0 amide bonds. The molecule has 1 unspecified atom stereocenters. The standard InChI is InChI=1S/C10H16N2O/c1-3-11-8-10(2,13)9-5-4-6-12-7-9/h4-7,11,13H,3,8H2,1-2H3. The third kappa shape index (κ3) is 2.79. The van der Waals surface area contributed by atoms with Crippen molar-refractivity contribution in [3.05, 3.63) is 30.1 Å². The summed E-state index contributed by atoms with van der Waals surface area (Å²) in [6.45, 7) is 5.21. The predicted molar refractivity (Wildman–Crippen MR) is 52.4 cm³/mol. The number of aromatic nitrogens is 1. The number of pyridine rings is 1. The van der Waals surface area contributed by atoms with E-state index in [-0.39, 0.29) is 0 Å². The first-order valence-electron chi connectivity index (χ1n) is 4.50. The molecule has 0 bridgehead atoms. The highest BCUT2D eigenvalue weighted by molar-refractivity contribution is 5.17. The number of nitrogens with one attached hydrogen (secondary N) is 1. The maximum atomic E-state index is 10.0. The zero-order chi connectivity index (χ0) is 9.73. The molecule has 1 heterocycles. The van der Waals surface area contributed by atoms with Crippen LogP contribution >= 0.6 is 0 Å². The van der Waals surface area contributed by atoms with E-state index in [4.69, 9.17) is 0 Å². The highest BCUT2D eigenvalue weighted by atomic mass is 16.3. The molecule has 2 N–H and O–H groups in total. The van der Waals surface area contributed by atoms with Crippen molar-refractivity contribution in [1.82, 2.24) is 10.3 Å². The van der Waals surface area contributed by atoms with Gasteiger partial charge in [-0.05, 0) is 19.5 Å². The third-order valence-electron chi connectivity index (χ3n) is 2.00. The zero-order valence-electron chi connectivity index (χ0n) is 8.12. The number of likely N-dealkylation sites (N-methyl/N-ethyl adjacent to an activating group) is 1. The summed E-state index contributed by atoms with van der Waals surface area (Å²) in [5.41, 5.74) is 0.0144. The van der Waals surface area contributed by atoms with Crippen LogP contribution in [-0.2, 0) is 5.60 Å². The van der Waals surface area contributed by atoms with Crippen LogP contribution in [0.1, 0.15) is 19.4 Å². The van der Waals surface area contributed by atoms with Gasteiger partial charge < -0.3 is 10.4 Å². The van der Waals surface area contributed by atoms with Gasteiger partial charge in [-0.2, -0.15) is 0 Å². The number of aliphatic hydroxyl groups is 1. The summed E-state index contributed by atoms with van der Waals surface area (Å²) in [7, 11) is 0. The van der Waals surface area contributed by atoms with Crippen LogP contribution in [0.2, 0.25) is 0 Å². The molecule has 1 aromatic rings. The fourth-order valence-corrected chi connectivity index (χ4v) is 1.15. The highest BCUT2D eigenvalue weighted by Crippen LogP contribution is 2.17. The molecule has 0 spiro atoms. The lowest BCUT2D eigenvalue weighted by Crippen LogP contribution is -2.35. The Bertz CT molecular complexity index is 246. The Kier molecular flexibility index (Phi) is 3.39. The fraction of sp³-hybridized carbons (Fsp3) is 0.500. The van der Waals surface area contributed by atoms with Gasteiger partial charge in [0.05, 0.1) is 0 Å². The molecular weight excluding hydrogens is 164 g/mol. The second kappa shape index (κ2) is 4.35. The quantitative estimate of drug-likeness (QED) is 0.723. The van der Waals surface area contributed by atoms with E-state index < -0.39 is 5.60 Å². The largest absolute Gasteiger partial charge is 0.384 e. The molecule has 3 heteroatoms. The minimum Gasteiger partial charge on any atom is -0.384 e. The summed E-state index contributed by atoms with van der Waals surface area (Å²) in [4.78, 5) is 3.97. The van der Waals surface area contributed by atoms with Gasteiger partial charge in [0.25, 0.3) is 0 Å². The molecule has 1 aromatic heterocycles. The van der Waals surface area contributed by atoms with Crippen LogP contribution < -0.4 is 5.32 Å². The SMILES string of the molecule is CCNCC(C)(O)c1cccnc1. The van der Waals surface area contributed by atoms with Gasteiger partial charge in [0.1, 0.15) is 5.60 Å². The normalized spacial score (nSPS) is 15.3. The van der Waals surface area contributed by atoms with Gasteiger partial charge in [0.15, 0.2) is 0 Å². The summed E-state index contributed by atoms with van der Waals surface area (Å²) in [5, 5.41) is 13.1. The molecular formula is C10H16N2O. The molecule has 0 aromatic carbocycles. The van der Waals surface area contributed by atoms with Crippen molar-refractivity contribution in [2.24, 2.45) is 0 Å². The lowest BCUT2D eigenvalue weighted by Gasteiger charge is -2.23. The monoisotopic (exact) mass is 180 g/mol. The molecule has 0 saturated heterocycles. The molecule has 1 atom stereocenters. The van der Waals surface area contributed by atoms with Gasteiger partial charge in [-0.15, -0.1) is 0 Å². The summed E-state index contributed by atoms with van der Waals surface area (Å²) >= 11 is 0. The second-order valence-electron chi connectivity index (χ2n) is 3.30. The molecule has 3 nitrogen and oxygen atoms in total. The average Bonchev–Trinajstić information content (AvgIpc) is 2.16. The number of rotatable bonds is 4.